The van der Waals surface area contributed by atoms with Crippen molar-refractivity contribution in [3.63, 3.8) is 0 Å². The summed E-state index contributed by atoms with van der Waals surface area (Å²) in [7, 11) is 2.36. The summed E-state index contributed by atoms with van der Waals surface area (Å²) in [4.78, 5) is 49.3. The number of carbonyl (C=O) groups excluding carboxylic acids is 4. The number of ether oxygens (including phenoxy) is 4. The van der Waals surface area contributed by atoms with Gasteiger partial charge in [0.25, 0.3) is 0 Å². The summed E-state index contributed by atoms with van der Waals surface area (Å²) >= 11 is 1.00. The Bertz CT molecular complexity index is 522. The summed E-state index contributed by atoms with van der Waals surface area (Å²) in [6, 6.07) is -1.34. The first-order chi connectivity index (χ1) is 12.2. The molecule has 0 aromatic rings. The fraction of sp³-hybridized carbons (Fsp3) is 0.765. The van der Waals surface area contributed by atoms with Gasteiger partial charge in [-0.2, -0.15) is 4.90 Å². The van der Waals surface area contributed by atoms with Gasteiger partial charge in [0.05, 0.1) is 20.0 Å². The molecule has 0 aromatic carbocycles. The molecule has 2 amide bonds. The molecule has 10 heteroatoms. The van der Waals surface area contributed by atoms with E-state index in [-0.39, 0.29) is 11.5 Å². The van der Waals surface area contributed by atoms with Crippen molar-refractivity contribution in [3.8, 4) is 0 Å². The average molecular weight is 407 g/mol. The molecule has 9 nitrogen and oxygen atoms in total. The number of rotatable bonds is 6. The van der Waals surface area contributed by atoms with Crippen LogP contribution in [0.3, 0.4) is 0 Å². The maximum Gasteiger partial charge on any atom is 0.420 e. The molecule has 27 heavy (non-hydrogen) atoms. The first-order valence-corrected chi connectivity index (χ1v) is 9.35. The summed E-state index contributed by atoms with van der Waals surface area (Å²) in [5.41, 5.74) is -1.81. The van der Waals surface area contributed by atoms with Gasteiger partial charge in [-0.05, 0) is 41.5 Å². The van der Waals surface area contributed by atoms with Crippen molar-refractivity contribution in [1.82, 2.24) is 4.90 Å². The van der Waals surface area contributed by atoms with Gasteiger partial charge in [-0.3, -0.25) is 4.79 Å². The first-order valence-electron chi connectivity index (χ1n) is 8.19. The maximum atomic E-state index is 12.6. The lowest BCUT2D eigenvalue weighted by molar-refractivity contribution is -0.145. The molecule has 0 aromatic heterocycles. The lowest BCUT2D eigenvalue weighted by Gasteiger charge is -2.32. The number of nitrogens with zero attached hydrogens (tertiary/aromatic N) is 1. The zero-order valence-corrected chi connectivity index (χ0v) is 17.9. The van der Waals surface area contributed by atoms with Crippen LogP contribution in [0.5, 0.6) is 0 Å². The van der Waals surface area contributed by atoms with Crippen molar-refractivity contribution in [3.05, 3.63) is 0 Å². The lowest BCUT2D eigenvalue weighted by Crippen LogP contribution is -2.53. The molecule has 156 valence electrons. The summed E-state index contributed by atoms with van der Waals surface area (Å²) in [6.07, 6.45) is -2.10. The van der Waals surface area contributed by atoms with Crippen molar-refractivity contribution >= 4 is 35.9 Å². The Kier molecular flexibility index (Phi) is 9.63. The van der Waals surface area contributed by atoms with Crippen molar-refractivity contribution in [2.45, 2.75) is 58.8 Å². The quantitative estimate of drug-likeness (QED) is 0.485. The molecule has 1 atom stereocenters. The smallest absolute Gasteiger partial charge is 0.420 e. The highest BCUT2D eigenvalue weighted by Crippen LogP contribution is 2.20. The second-order valence-electron chi connectivity index (χ2n) is 7.46. The Balaban J connectivity index is 5.67. The zero-order chi connectivity index (χ0) is 21.4. The van der Waals surface area contributed by atoms with Crippen LogP contribution in [-0.4, -0.2) is 72.0 Å². The Labute approximate surface area is 164 Å². The number of carbonyl (C=O) groups is 4. The van der Waals surface area contributed by atoms with Crippen molar-refractivity contribution in [2.24, 2.45) is 0 Å². The standard InChI is InChI=1S/C17H29NO8S/c1-16(2,3)25-14(21)18(15(22)26-17(4,5)6)11(13(20)24-8)9-27-10-12(19)23-7/h11H,9-10H2,1-8H3/t11-/m0/s1. The van der Waals surface area contributed by atoms with E-state index < -0.39 is 41.4 Å². The van der Waals surface area contributed by atoms with E-state index in [1.165, 1.54) is 7.11 Å². The van der Waals surface area contributed by atoms with Crippen LogP contribution in [0.15, 0.2) is 0 Å². The van der Waals surface area contributed by atoms with Gasteiger partial charge in [-0.1, -0.05) is 0 Å². The van der Waals surface area contributed by atoms with Gasteiger partial charge in [-0.15, -0.1) is 11.8 Å². The monoisotopic (exact) mass is 407 g/mol. The minimum absolute atomic E-state index is 0.0690. The molecule has 0 spiro atoms. The second kappa shape index (κ2) is 10.4. The summed E-state index contributed by atoms with van der Waals surface area (Å²) in [6.45, 7) is 9.73. The predicted octanol–water partition coefficient (Wildman–Crippen LogP) is 2.61. The number of esters is 2. The van der Waals surface area contributed by atoms with Crippen LogP contribution in [0, 0.1) is 0 Å². The summed E-state index contributed by atoms with van der Waals surface area (Å²) in [5, 5.41) is 0. The Morgan fingerprint density at radius 3 is 1.63 bits per heavy atom. The maximum absolute atomic E-state index is 12.6. The molecule has 0 N–H and O–H groups in total. The highest BCUT2D eigenvalue weighted by Gasteiger charge is 2.41. The van der Waals surface area contributed by atoms with Gasteiger partial charge < -0.3 is 18.9 Å². The Hall–Kier alpha value is -1.97. The Morgan fingerprint density at radius 2 is 1.30 bits per heavy atom. The average Bonchev–Trinajstić information content (AvgIpc) is 2.49. The van der Waals surface area contributed by atoms with Gasteiger partial charge in [-0.25, -0.2) is 14.4 Å². The topological polar surface area (TPSA) is 108 Å². The molecular weight excluding hydrogens is 378 g/mol. The van der Waals surface area contributed by atoms with E-state index in [1.807, 2.05) is 0 Å². The number of methoxy groups -OCH3 is 2. The molecule has 0 saturated carbocycles. The molecular formula is C17H29NO8S. The number of imide groups is 1. The summed E-state index contributed by atoms with van der Waals surface area (Å²) in [5.74, 6) is -1.52. The number of thioether (sulfide) groups is 1. The lowest BCUT2D eigenvalue weighted by atomic mass is 10.2. The molecule has 0 bridgehead atoms. The number of hydrogen-bond acceptors (Lipinski definition) is 9. The zero-order valence-electron chi connectivity index (χ0n) is 17.1. The largest absolute Gasteiger partial charge is 0.468 e. The van der Waals surface area contributed by atoms with Gasteiger partial charge in [0.1, 0.15) is 11.2 Å². The van der Waals surface area contributed by atoms with Crippen LogP contribution in [0.1, 0.15) is 41.5 Å². The van der Waals surface area contributed by atoms with Crippen LogP contribution in [0.2, 0.25) is 0 Å². The van der Waals surface area contributed by atoms with Crippen LogP contribution < -0.4 is 0 Å². The third-order valence-corrected chi connectivity index (χ3v) is 3.68. The fourth-order valence-electron chi connectivity index (χ4n) is 1.65. The third-order valence-electron chi connectivity index (χ3n) is 2.69. The van der Waals surface area contributed by atoms with E-state index in [2.05, 4.69) is 4.74 Å². The molecule has 0 radical (unpaired) electrons. The summed E-state index contributed by atoms with van der Waals surface area (Å²) < 4.78 is 19.7. The molecule has 0 rings (SSSR count). The third kappa shape index (κ3) is 10.1. The number of hydrogen-bond donors (Lipinski definition) is 0. The van der Waals surface area contributed by atoms with E-state index in [1.54, 1.807) is 41.5 Å². The van der Waals surface area contributed by atoms with E-state index in [4.69, 9.17) is 14.2 Å². The van der Waals surface area contributed by atoms with Crippen LogP contribution in [-0.2, 0) is 28.5 Å². The van der Waals surface area contributed by atoms with E-state index in [9.17, 15) is 19.2 Å². The molecule has 0 unspecified atom stereocenters. The van der Waals surface area contributed by atoms with Gasteiger partial charge in [0, 0.05) is 5.75 Å². The Morgan fingerprint density at radius 1 is 0.852 bits per heavy atom. The van der Waals surface area contributed by atoms with E-state index >= 15 is 0 Å². The molecule has 0 aliphatic heterocycles. The number of amides is 2. The molecule has 0 saturated heterocycles. The van der Waals surface area contributed by atoms with Crippen molar-refractivity contribution < 1.29 is 38.1 Å². The molecule has 0 heterocycles. The minimum atomic E-state index is -1.34. The fourth-order valence-corrected chi connectivity index (χ4v) is 2.56. The highest BCUT2D eigenvalue weighted by atomic mass is 32.2. The van der Waals surface area contributed by atoms with Crippen molar-refractivity contribution in [2.75, 3.05) is 25.7 Å². The van der Waals surface area contributed by atoms with Gasteiger partial charge >= 0.3 is 24.1 Å². The van der Waals surface area contributed by atoms with Crippen molar-refractivity contribution in [1.29, 1.82) is 0 Å². The van der Waals surface area contributed by atoms with Crippen LogP contribution in [0.25, 0.3) is 0 Å². The first kappa shape index (κ1) is 25.0. The molecule has 0 aliphatic rings. The second-order valence-corrected chi connectivity index (χ2v) is 8.49. The van der Waals surface area contributed by atoms with Crippen LogP contribution >= 0.6 is 11.8 Å². The van der Waals surface area contributed by atoms with E-state index in [0.29, 0.717) is 4.90 Å². The molecule has 0 aliphatic carbocycles. The van der Waals surface area contributed by atoms with Gasteiger partial charge in [0.15, 0.2) is 6.04 Å². The molecule has 0 fully saturated rings. The normalized spacial score (nSPS) is 12.6. The predicted molar refractivity (Wildman–Crippen MR) is 99.5 cm³/mol. The van der Waals surface area contributed by atoms with Gasteiger partial charge in [0.2, 0.25) is 0 Å². The van der Waals surface area contributed by atoms with Crippen LogP contribution in [0.4, 0.5) is 9.59 Å². The van der Waals surface area contributed by atoms with E-state index in [0.717, 1.165) is 18.9 Å². The SMILES string of the molecule is COC(=O)CSC[C@@H](C(=O)OC)N(C(=O)OC(C)(C)C)C(=O)OC(C)(C)C. The minimum Gasteiger partial charge on any atom is -0.468 e. The highest BCUT2D eigenvalue weighted by molar-refractivity contribution is 8.00.